The van der Waals surface area contributed by atoms with Crippen LogP contribution in [0.25, 0.3) is 0 Å². The van der Waals surface area contributed by atoms with Crippen LogP contribution in [-0.4, -0.2) is 109 Å². The summed E-state index contributed by atoms with van der Waals surface area (Å²) in [6, 6.07) is 0. The number of nitrogens with one attached hydrogen (secondary N) is 4. The second-order valence-electron chi connectivity index (χ2n) is 6.66. The molecule has 0 spiro atoms. The topological polar surface area (TPSA) is 162 Å². The molecule has 1 aliphatic heterocycles. The van der Waals surface area contributed by atoms with Crippen molar-refractivity contribution < 1.29 is 18.9 Å². The molecule has 0 atom stereocenters. The highest BCUT2D eigenvalue weighted by Gasteiger charge is 2.06. The lowest BCUT2D eigenvalue weighted by Crippen LogP contribution is -2.19. The van der Waals surface area contributed by atoms with E-state index in [0.29, 0.717) is 103 Å². The van der Waals surface area contributed by atoms with Crippen LogP contribution in [0.15, 0.2) is 0 Å². The summed E-state index contributed by atoms with van der Waals surface area (Å²) >= 11 is 11.9. The van der Waals surface area contributed by atoms with Crippen LogP contribution < -0.4 is 21.3 Å². The minimum absolute atomic E-state index is 0.0908. The third kappa shape index (κ3) is 10.7. The standard InChI is InChI=1S/C18H28Cl2N10O4/c19-13-25-15-21-1-5-31-9-10-32-6-3-23-17-27-14(20)28-18(30-17)24-4-8-34-12-11-33-7-2-22-16(26-13)29-15/h1-12H2,(H2,21,22,25,26,29)(H2,23,24,27,28,30). The Bertz CT molecular complexity index is 739. The first-order valence-corrected chi connectivity index (χ1v) is 11.5. The minimum atomic E-state index is 0.0908. The summed E-state index contributed by atoms with van der Waals surface area (Å²) in [6.45, 7) is 5.57. The minimum Gasteiger partial charge on any atom is -0.377 e. The molecule has 0 radical (unpaired) electrons. The fourth-order valence-corrected chi connectivity index (χ4v) is 2.92. The normalized spacial score (nSPS) is 17.9. The summed E-state index contributed by atoms with van der Waals surface area (Å²) in [4.78, 5) is 24.7. The maximum Gasteiger partial charge on any atom is 0.228 e. The lowest BCUT2D eigenvalue weighted by molar-refractivity contribution is 0.0555. The van der Waals surface area contributed by atoms with Gasteiger partial charge in [0.05, 0.1) is 52.9 Å². The fraction of sp³-hybridized carbons (Fsp3) is 0.667. The molecule has 4 N–H and O–H groups in total. The quantitative estimate of drug-likeness (QED) is 0.386. The molecule has 1 aliphatic rings. The summed E-state index contributed by atoms with van der Waals surface area (Å²) < 4.78 is 22.1. The molecule has 0 amide bonds. The van der Waals surface area contributed by atoms with Gasteiger partial charge in [-0.1, -0.05) is 0 Å². The molecular weight excluding hydrogens is 491 g/mol. The first kappa shape index (κ1) is 26.2. The summed E-state index contributed by atoms with van der Waals surface area (Å²) in [5.74, 6) is 1.44. The molecule has 0 aliphatic carbocycles. The number of rotatable bonds is 0. The van der Waals surface area contributed by atoms with Crippen molar-refractivity contribution in [2.45, 2.75) is 0 Å². The van der Waals surface area contributed by atoms with Crippen LogP contribution in [-0.2, 0) is 18.9 Å². The Morgan fingerprint density at radius 2 is 0.676 bits per heavy atom. The van der Waals surface area contributed by atoms with E-state index >= 15 is 0 Å². The third-order valence-electron chi connectivity index (χ3n) is 4.08. The van der Waals surface area contributed by atoms with Gasteiger partial charge in [0.2, 0.25) is 34.4 Å². The summed E-state index contributed by atoms with van der Waals surface area (Å²) in [7, 11) is 0. The molecule has 0 unspecified atom stereocenters. The van der Waals surface area contributed by atoms with Gasteiger partial charge >= 0.3 is 0 Å². The number of hydrogen-bond acceptors (Lipinski definition) is 14. The molecule has 14 nitrogen and oxygen atoms in total. The Morgan fingerprint density at radius 1 is 0.412 bits per heavy atom. The van der Waals surface area contributed by atoms with Gasteiger partial charge in [0.15, 0.2) is 0 Å². The van der Waals surface area contributed by atoms with E-state index in [0.717, 1.165) is 0 Å². The average Bonchev–Trinajstić information content (AvgIpc) is 2.80. The monoisotopic (exact) mass is 518 g/mol. The molecule has 3 heterocycles. The van der Waals surface area contributed by atoms with Crippen molar-refractivity contribution >= 4 is 47.0 Å². The first-order valence-electron chi connectivity index (χ1n) is 10.8. The molecule has 0 fully saturated rings. The van der Waals surface area contributed by atoms with E-state index in [2.05, 4.69) is 51.2 Å². The Balaban J connectivity index is 1.46. The predicted octanol–water partition coefficient (Wildman–Crippen LogP) is 0.791. The molecule has 34 heavy (non-hydrogen) atoms. The van der Waals surface area contributed by atoms with Crippen LogP contribution in [0.5, 0.6) is 0 Å². The molecule has 188 valence electrons. The molecule has 2 aromatic heterocycles. The van der Waals surface area contributed by atoms with Crippen LogP contribution in [0, 0.1) is 0 Å². The highest BCUT2D eigenvalue weighted by Crippen LogP contribution is 2.10. The van der Waals surface area contributed by atoms with Crippen LogP contribution in [0.1, 0.15) is 0 Å². The van der Waals surface area contributed by atoms with E-state index in [9.17, 15) is 0 Å². The number of ether oxygens (including phenoxy) is 4. The highest BCUT2D eigenvalue weighted by atomic mass is 35.5. The van der Waals surface area contributed by atoms with Crippen molar-refractivity contribution in [1.82, 2.24) is 29.9 Å². The maximum atomic E-state index is 5.97. The van der Waals surface area contributed by atoms with Crippen molar-refractivity contribution in [2.75, 3.05) is 100 Å². The van der Waals surface area contributed by atoms with Crippen LogP contribution in [0.2, 0.25) is 10.6 Å². The fourth-order valence-electron chi connectivity index (χ4n) is 2.60. The Hall–Kier alpha value is -2.36. The van der Waals surface area contributed by atoms with E-state index in [1.807, 2.05) is 0 Å². The lowest BCUT2D eigenvalue weighted by Gasteiger charge is -2.11. The SMILES string of the molecule is Clc1nc2nc(n1)NCCOCCOCCNc1nc(Cl)nc(n1)NCCOCCOCCN2. The molecule has 0 saturated carbocycles. The van der Waals surface area contributed by atoms with Crippen LogP contribution in [0.3, 0.4) is 0 Å². The predicted molar refractivity (Wildman–Crippen MR) is 127 cm³/mol. The number of aromatic nitrogens is 6. The van der Waals surface area contributed by atoms with Crippen LogP contribution >= 0.6 is 23.2 Å². The number of fused-ring (bicyclic) bond motifs is 4. The van der Waals surface area contributed by atoms with Gasteiger partial charge < -0.3 is 40.2 Å². The van der Waals surface area contributed by atoms with Gasteiger partial charge in [-0.2, -0.15) is 29.9 Å². The molecule has 2 aromatic rings. The number of halogens is 2. The van der Waals surface area contributed by atoms with E-state index < -0.39 is 0 Å². The maximum absolute atomic E-state index is 5.97. The summed E-state index contributed by atoms with van der Waals surface area (Å²) in [6.07, 6.45) is 0. The zero-order valence-electron chi connectivity index (χ0n) is 18.6. The van der Waals surface area contributed by atoms with E-state index in [4.69, 9.17) is 42.1 Å². The van der Waals surface area contributed by atoms with Gasteiger partial charge in [-0.05, 0) is 23.2 Å². The number of hydrogen-bond donors (Lipinski definition) is 4. The molecule has 16 heteroatoms. The summed E-state index contributed by atoms with van der Waals surface area (Å²) in [5, 5.41) is 12.4. The molecule has 4 bridgehead atoms. The van der Waals surface area contributed by atoms with E-state index in [-0.39, 0.29) is 10.6 Å². The largest absolute Gasteiger partial charge is 0.377 e. The van der Waals surface area contributed by atoms with Gasteiger partial charge in [-0.25, -0.2) is 0 Å². The van der Waals surface area contributed by atoms with Gasteiger partial charge in [0.25, 0.3) is 0 Å². The zero-order valence-corrected chi connectivity index (χ0v) is 20.1. The van der Waals surface area contributed by atoms with Crippen molar-refractivity contribution in [2.24, 2.45) is 0 Å². The van der Waals surface area contributed by atoms with E-state index in [1.54, 1.807) is 0 Å². The Kier molecular flexibility index (Phi) is 12.0. The lowest BCUT2D eigenvalue weighted by atomic mass is 10.6. The second-order valence-corrected chi connectivity index (χ2v) is 7.34. The van der Waals surface area contributed by atoms with Gasteiger partial charge in [0.1, 0.15) is 0 Å². The number of anilines is 4. The van der Waals surface area contributed by atoms with E-state index in [1.165, 1.54) is 0 Å². The van der Waals surface area contributed by atoms with Gasteiger partial charge in [-0.15, -0.1) is 0 Å². The molecule has 0 saturated heterocycles. The second kappa shape index (κ2) is 15.5. The average molecular weight is 519 g/mol. The van der Waals surface area contributed by atoms with Crippen molar-refractivity contribution in [3.8, 4) is 0 Å². The summed E-state index contributed by atoms with van der Waals surface area (Å²) in [5.41, 5.74) is 0. The van der Waals surface area contributed by atoms with Crippen molar-refractivity contribution in [3.63, 3.8) is 0 Å². The third-order valence-corrected chi connectivity index (χ3v) is 4.42. The first-order chi connectivity index (χ1) is 16.7. The zero-order chi connectivity index (χ0) is 23.8. The molecular formula is C18H28Cl2N10O4. The van der Waals surface area contributed by atoms with Gasteiger partial charge in [-0.3, -0.25) is 0 Å². The molecule has 3 rings (SSSR count). The Morgan fingerprint density at radius 3 is 0.941 bits per heavy atom. The molecule has 0 aromatic carbocycles. The smallest absolute Gasteiger partial charge is 0.228 e. The van der Waals surface area contributed by atoms with Gasteiger partial charge in [0, 0.05) is 26.2 Å². The number of nitrogens with zero attached hydrogens (tertiary/aromatic N) is 6. The van der Waals surface area contributed by atoms with Crippen LogP contribution in [0.4, 0.5) is 23.8 Å². The van der Waals surface area contributed by atoms with Crippen molar-refractivity contribution in [1.29, 1.82) is 0 Å². The Labute approximate surface area is 206 Å². The highest BCUT2D eigenvalue weighted by molar-refractivity contribution is 6.28. The van der Waals surface area contributed by atoms with Crippen molar-refractivity contribution in [3.05, 3.63) is 10.6 Å².